The third kappa shape index (κ3) is 5.55. The number of carbonyl (C=O) groups is 2. The van der Waals surface area contributed by atoms with Crippen LogP contribution >= 0.6 is 0 Å². The molecule has 0 aromatic heterocycles. The molecule has 0 rings (SSSR count). The first-order valence-corrected chi connectivity index (χ1v) is 3.84. The van der Waals surface area contributed by atoms with Gasteiger partial charge in [0.1, 0.15) is 12.0 Å². The molecule has 0 saturated heterocycles. The molecule has 6 heteroatoms. The van der Waals surface area contributed by atoms with Crippen molar-refractivity contribution in [1.29, 1.82) is 0 Å². The Balaban J connectivity index is 4.16. The number of ketones is 1. The summed E-state index contributed by atoms with van der Waals surface area (Å²) in [6.07, 6.45) is -6.24. The van der Waals surface area contributed by atoms with Gasteiger partial charge in [-0.15, -0.1) is 0 Å². The topological polar surface area (TPSA) is 43.4 Å². The lowest BCUT2D eigenvalue weighted by molar-refractivity contribution is -0.177. The lowest BCUT2D eigenvalue weighted by atomic mass is 10.2. The fourth-order valence-electron chi connectivity index (χ4n) is 0.609. The number of hydrogen-bond donors (Lipinski definition) is 0. The molecule has 0 aliphatic carbocycles. The van der Waals surface area contributed by atoms with Crippen molar-refractivity contribution in [1.82, 2.24) is 0 Å². The summed E-state index contributed by atoms with van der Waals surface area (Å²) in [6, 6.07) is 0. The second-order valence-electron chi connectivity index (χ2n) is 3.68. The minimum absolute atomic E-state index is 0.886. The summed E-state index contributed by atoms with van der Waals surface area (Å²) in [5, 5.41) is 0. The van der Waals surface area contributed by atoms with Crippen LogP contribution in [0, 0.1) is 0 Å². The SMILES string of the molecule is CC(C)(C)OC(=O)CC(=O)C(F)(F)F. The number of ether oxygens (including phenoxy) is 1. The molecule has 14 heavy (non-hydrogen) atoms. The molecule has 0 radical (unpaired) electrons. The van der Waals surface area contributed by atoms with Gasteiger partial charge in [-0.05, 0) is 20.8 Å². The van der Waals surface area contributed by atoms with Crippen molar-refractivity contribution in [2.75, 3.05) is 0 Å². The highest BCUT2D eigenvalue weighted by Gasteiger charge is 2.40. The summed E-state index contributed by atoms with van der Waals surface area (Å²) in [7, 11) is 0. The lowest BCUT2D eigenvalue weighted by Gasteiger charge is -2.19. The van der Waals surface area contributed by atoms with Crippen LogP contribution in [0.3, 0.4) is 0 Å². The number of Topliss-reactive ketones (excluding diaryl/α,β-unsaturated/α-hetero) is 1. The van der Waals surface area contributed by atoms with Crippen molar-refractivity contribution < 1.29 is 27.5 Å². The van der Waals surface area contributed by atoms with Crippen LogP contribution in [0.25, 0.3) is 0 Å². The minimum Gasteiger partial charge on any atom is -0.460 e. The van der Waals surface area contributed by atoms with Crippen LogP contribution in [0.4, 0.5) is 13.2 Å². The number of alkyl halides is 3. The van der Waals surface area contributed by atoms with Crippen molar-refractivity contribution in [3.8, 4) is 0 Å². The smallest absolute Gasteiger partial charge is 0.450 e. The zero-order valence-corrected chi connectivity index (χ0v) is 8.07. The van der Waals surface area contributed by atoms with Crippen molar-refractivity contribution in [2.45, 2.75) is 39.0 Å². The molecule has 0 bridgehead atoms. The van der Waals surface area contributed by atoms with Crippen molar-refractivity contribution in [3.63, 3.8) is 0 Å². The molecule has 3 nitrogen and oxygen atoms in total. The van der Waals surface area contributed by atoms with Gasteiger partial charge >= 0.3 is 12.1 Å². The van der Waals surface area contributed by atoms with Gasteiger partial charge in [-0.2, -0.15) is 13.2 Å². The molecule has 0 atom stereocenters. The van der Waals surface area contributed by atoms with Gasteiger partial charge in [0.05, 0.1) is 0 Å². The third-order valence-corrected chi connectivity index (χ3v) is 1.04. The van der Waals surface area contributed by atoms with Gasteiger partial charge in [0, 0.05) is 0 Å². The monoisotopic (exact) mass is 212 g/mol. The first-order valence-electron chi connectivity index (χ1n) is 3.84. The van der Waals surface area contributed by atoms with Crippen LogP contribution < -0.4 is 0 Å². The number of carbonyl (C=O) groups excluding carboxylic acids is 2. The Morgan fingerprint density at radius 2 is 1.57 bits per heavy atom. The quantitative estimate of drug-likeness (QED) is 0.518. The maximum Gasteiger partial charge on any atom is 0.450 e. The Kier molecular flexibility index (Phi) is 3.67. The third-order valence-electron chi connectivity index (χ3n) is 1.04. The Labute approximate surface area is 79.2 Å². The molecular weight excluding hydrogens is 201 g/mol. The predicted molar refractivity (Wildman–Crippen MR) is 41.5 cm³/mol. The average molecular weight is 212 g/mol. The standard InChI is InChI=1S/C8H11F3O3/c1-7(2,3)14-6(13)4-5(12)8(9,10)11/h4H2,1-3H3. The summed E-state index contributed by atoms with van der Waals surface area (Å²) in [5.41, 5.74) is -0.886. The summed E-state index contributed by atoms with van der Waals surface area (Å²) in [4.78, 5) is 21.1. The number of esters is 1. The van der Waals surface area contributed by atoms with E-state index in [2.05, 4.69) is 4.74 Å². The summed E-state index contributed by atoms with van der Waals surface area (Å²) in [6.45, 7) is 4.51. The van der Waals surface area contributed by atoms with Gasteiger partial charge in [-0.1, -0.05) is 0 Å². The molecule has 0 saturated carbocycles. The van der Waals surface area contributed by atoms with E-state index in [0.717, 1.165) is 0 Å². The van der Waals surface area contributed by atoms with Gasteiger partial charge in [0.25, 0.3) is 0 Å². The van der Waals surface area contributed by atoms with Crippen molar-refractivity contribution in [2.24, 2.45) is 0 Å². The molecule has 0 unspecified atom stereocenters. The van der Waals surface area contributed by atoms with Crippen LogP contribution in [0.2, 0.25) is 0 Å². The maximum absolute atomic E-state index is 11.7. The summed E-state index contributed by atoms with van der Waals surface area (Å²) in [5.74, 6) is -3.26. The van der Waals surface area contributed by atoms with E-state index in [9.17, 15) is 22.8 Å². The first kappa shape index (κ1) is 12.9. The molecule has 82 valence electrons. The molecular formula is C8H11F3O3. The van der Waals surface area contributed by atoms with E-state index in [1.54, 1.807) is 0 Å². The molecule has 0 aliphatic rings. The minimum atomic E-state index is -4.98. The predicted octanol–water partition coefficient (Wildman–Crippen LogP) is 1.85. The summed E-state index contributed by atoms with van der Waals surface area (Å²) >= 11 is 0. The van der Waals surface area contributed by atoms with Gasteiger partial charge in [-0.3, -0.25) is 9.59 Å². The van der Waals surface area contributed by atoms with Gasteiger partial charge in [0.2, 0.25) is 5.78 Å². The van der Waals surface area contributed by atoms with Crippen LogP contribution in [-0.4, -0.2) is 23.5 Å². The molecule has 0 amide bonds. The van der Waals surface area contributed by atoms with Crippen LogP contribution in [0.1, 0.15) is 27.2 Å². The van der Waals surface area contributed by atoms with E-state index < -0.39 is 30.0 Å². The van der Waals surface area contributed by atoms with Crippen LogP contribution in [-0.2, 0) is 14.3 Å². The average Bonchev–Trinajstić information content (AvgIpc) is 1.79. The van der Waals surface area contributed by atoms with E-state index >= 15 is 0 Å². The highest BCUT2D eigenvalue weighted by atomic mass is 19.4. The largest absolute Gasteiger partial charge is 0.460 e. The zero-order chi connectivity index (χ0) is 11.6. The van der Waals surface area contributed by atoms with Gasteiger partial charge < -0.3 is 4.74 Å². The summed E-state index contributed by atoms with van der Waals surface area (Å²) < 4.78 is 39.6. The molecule has 0 N–H and O–H groups in total. The highest BCUT2D eigenvalue weighted by Crippen LogP contribution is 2.19. The first-order chi connectivity index (χ1) is 6.02. The molecule has 0 fully saturated rings. The highest BCUT2D eigenvalue weighted by molar-refractivity contribution is 5.98. The van der Waals surface area contributed by atoms with Crippen molar-refractivity contribution in [3.05, 3.63) is 0 Å². The Bertz CT molecular complexity index is 237. The normalized spacial score (nSPS) is 12.4. The molecule has 0 aromatic rings. The van der Waals surface area contributed by atoms with E-state index in [1.807, 2.05) is 0 Å². The fraction of sp³-hybridized carbons (Fsp3) is 0.750. The van der Waals surface area contributed by atoms with E-state index in [1.165, 1.54) is 20.8 Å². The molecule has 0 spiro atoms. The second kappa shape index (κ2) is 3.98. The lowest BCUT2D eigenvalue weighted by Crippen LogP contribution is -2.30. The number of hydrogen-bond acceptors (Lipinski definition) is 3. The molecule has 0 aliphatic heterocycles. The van der Waals surface area contributed by atoms with E-state index in [4.69, 9.17) is 0 Å². The second-order valence-corrected chi connectivity index (χ2v) is 3.68. The zero-order valence-electron chi connectivity index (χ0n) is 8.07. The number of rotatable bonds is 2. The molecule has 0 aromatic carbocycles. The van der Waals surface area contributed by atoms with Gasteiger partial charge in [0.15, 0.2) is 0 Å². The fourth-order valence-corrected chi connectivity index (χ4v) is 0.609. The van der Waals surface area contributed by atoms with Crippen LogP contribution in [0.5, 0.6) is 0 Å². The van der Waals surface area contributed by atoms with Crippen molar-refractivity contribution >= 4 is 11.8 Å². The Hall–Kier alpha value is -1.07. The maximum atomic E-state index is 11.7. The Morgan fingerprint density at radius 3 is 1.86 bits per heavy atom. The van der Waals surface area contributed by atoms with Crippen LogP contribution in [0.15, 0.2) is 0 Å². The Morgan fingerprint density at radius 1 is 1.14 bits per heavy atom. The van der Waals surface area contributed by atoms with Gasteiger partial charge in [-0.25, -0.2) is 0 Å². The number of halogens is 3. The van der Waals surface area contributed by atoms with E-state index in [0.29, 0.717) is 0 Å². The molecule has 0 heterocycles. The van der Waals surface area contributed by atoms with E-state index in [-0.39, 0.29) is 0 Å².